The minimum atomic E-state index is -1.20. The zero-order valence-electron chi connectivity index (χ0n) is 24.5. The van der Waals surface area contributed by atoms with Crippen molar-refractivity contribution in [2.45, 2.75) is 59.4 Å². The first-order chi connectivity index (χ1) is 20.1. The number of aryl methyl sites for hydroxylation is 2. The maximum Gasteiger partial charge on any atom is 0.337 e. The second-order valence-corrected chi connectivity index (χ2v) is 11.8. The van der Waals surface area contributed by atoms with Gasteiger partial charge in [0.25, 0.3) is 0 Å². The third-order valence-electron chi connectivity index (χ3n) is 7.52. The minimum absolute atomic E-state index is 0.391. The Bertz CT molecular complexity index is 1810. The number of benzene rings is 3. The molecule has 7 nitrogen and oxygen atoms in total. The minimum Gasteiger partial charge on any atom is -0.493 e. The predicted octanol–water partition coefficient (Wildman–Crippen LogP) is 7.52. The van der Waals surface area contributed by atoms with Crippen LogP contribution in [-0.4, -0.2) is 33.3 Å². The van der Waals surface area contributed by atoms with Gasteiger partial charge in [-0.25, -0.2) is 9.78 Å². The van der Waals surface area contributed by atoms with E-state index < -0.39 is 17.7 Å². The number of hydrogen-bond donors (Lipinski definition) is 1. The van der Waals surface area contributed by atoms with Crippen LogP contribution in [0.4, 0.5) is 0 Å². The number of ether oxygens (including phenoxy) is 3. The summed E-state index contributed by atoms with van der Waals surface area (Å²) in [6.07, 6.45) is 1.39. The highest BCUT2D eigenvalue weighted by atomic mass is 16.5. The molecule has 0 unspecified atom stereocenters. The van der Waals surface area contributed by atoms with Crippen LogP contribution in [0.3, 0.4) is 0 Å². The second kappa shape index (κ2) is 10.7. The van der Waals surface area contributed by atoms with E-state index in [0.717, 1.165) is 56.3 Å². The molecule has 0 fully saturated rings. The normalized spacial score (nSPS) is 13.6. The van der Waals surface area contributed by atoms with Crippen molar-refractivity contribution >= 4 is 27.8 Å². The number of carboxylic acid groups (broad SMARTS) is 1. The lowest BCUT2D eigenvalue weighted by atomic mass is 9.86. The average Bonchev–Trinajstić information content (AvgIpc) is 2.95. The molecular formula is C35H34N2O5. The van der Waals surface area contributed by atoms with Crippen molar-refractivity contribution in [2.75, 3.05) is 6.61 Å². The third kappa shape index (κ3) is 5.28. The predicted molar refractivity (Wildman–Crippen MR) is 163 cm³/mol. The molecule has 0 saturated heterocycles. The Hall–Kier alpha value is -4.49. The fourth-order valence-corrected chi connectivity index (χ4v) is 5.64. The lowest BCUT2D eigenvalue weighted by molar-refractivity contribution is -0.160. The molecule has 214 valence electrons. The summed E-state index contributed by atoms with van der Waals surface area (Å²) in [7, 11) is 0. The van der Waals surface area contributed by atoms with E-state index in [4.69, 9.17) is 24.2 Å². The zero-order chi connectivity index (χ0) is 29.6. The van der Waals surface area contributed by atoms with E-state index in [1.54, 1.807) is 0 Å². The first-order valence-corrected chi connectivity index (χ1v) is 14.2. The van der Waals surface area contributed by atoms with Gasteiger partial charge >= 0.3 is 5.97 Å². The molecule has 6 rings (SSSR count). The van der Waals surface area contributed by atoms with Crippen LogP contribution >= 0.6 is 0 Å². The second-order valence-electron chi connectivity index (χ2n) is 11.8. The van der Waals surface area contributed by atoms with Crippen molar-refractivity contribution in [1.29, 1.82) is 0 Å². The Kier molecular flexibility index (Phi) is 7.07. The van der Waals surface area contributed by atoms with Crippen molar-refractivity contribution in [3.05, 3.63) is 94.7 Å². The summed E-state index contributed by atoms with van der Waals surface area (Å²) in [4.78, 5) is 22.4. The molecule has 1 aliphatic heterocycles. The van der Waals surface area contributed by atoms with E-state index in [0.29, 0.717) is 30.2 Å². The lowest BCUT2D eigenvalue weighted by Crippen LogP contribution is -2.28. The van der Waals surface area contributed by atoms with Gasteiger partial charge in [0, 0.05) is 40.6 Å². The molecule has 0 aliphatic carbocycles. The van der Waals surface area contributed by atoms with Crippen molar-refractivity contribution in [3.8, 4) is 22.8 Å². The Balaban J connectivity index is 1.56. The smallest absolute Gasteiger partial charge is 0.337 e. The standard InChI is InChI=1S/C35H34N2O5/c1-20-6-8-22(9-7-20)19-41-28-13-11-24-26(37-28)18-21(2)29(33(34(38)39)42-35(3,4)5)31(24)25-10-12-27-30-23(15-17-40-27)14-16-36-32(25)30/h6-14,16,18,33H,15,17,19H2,1-5H3,(H,38,39)/t33-/m0/s1. The van der Waals surface area contributed by atoms with Gasteiger partial charge in [-0.05, 0) is 87.2 Å². The Morgan fingerprint density at radius 3 is 2.57 bits per heavy atom. The molecule has 0 radical (unpaired) electrons. The number of aliphatic carboxylic acids is 1. The van der Waals surface area contributed by atoms with E-state index in [9.17, 15) is 9.90 Å². The summed E-state index contributed by atoms with van der Waals surface area (Å²) in [6.45, 7) is 10.5. The average molecular weight is 563 g/mol. The van der Waals surface area contributed by atoms with E-state index in [1.165, 1.54) is 5.56 Å². The topological polar surface area (TPSA) is 90.8 Å². The van der Waals surface area contributed by atoms with Gasteiger partial charge in [-0.2, -0.15) is 0 Å². The van der Waals surface area contributed by atoms with Crippen LogP contribution in [0.2, 0.25) is 0 Å². The first-order valence-electron chi connectivity index (χ1n) is 14.2. The van der Waals surface area contributed by atoms with Gasteiger partial charge in [0.05, 0.1) is 23.2 Å². The van der Waals surface area contributed by atoms with Crippen molar-refractivity contribution in [2.24, 2.45) is 0 Å². The molecular weight excluding hydrogens is 528 g/mol. The first kappa shape index (κ1) is 27.7. The monoisotopic (exact) mass is 562 g/mol. The van der Waals surface area contributed by atoms with Crippen molar-refractivity contribution < 1.29 is 24.1 Å². The van der Waals surface area contributed by atoms with Crippen LogP contribution in [0.15, 0.2) is 66.9 Å². The summed E-state index contributed by atoms with van der Waals surface area (Å²) in [5.74, 6) is 0.219. The van der Waals surface area contributed by atoms with Gasteiger partial charge in [0.2, 0.25) is 5.88 Å². The van der Waals surface area contributed by atoms with Crippen molar-refractivity contribution in [3.63, 3.8) is 0 Å². The van der Waals surface area contributed by atoms with E-state index >= 15 is 0 Å². The van der Waals surface area contributed by atoms with Gasteiger partial charge in [-0.1, -0.05) is 29.8 Å². The molecule has 5 aromatic rings. The van der Waals surface area contributed by atoms with Gasteiger partial charge < -0.3 is 19.3 Å². The molecule has 0 saturated carbocycles. The largest absolute Gasteiger partial charge is 0.493 e. The molecule has 0 amide bonds. The SMILES string of the molecule is Cc1ccc(COc2ccc3c(-c4ccc5c6c(ccnc46)CCO5)c([C@H](OC(C)(C)C)C(=O)O)c(C)cc3n2)cc1. The van der Waals surface area contributed by atoms with Gasteiger partial charge in [0.1, 0.15) is 12.4 Å². The Labute approximate surface area is 245 Å². The fourth-order valence-electron chi connectivity index (χ4n) is 5.64. The van der Waals surface area contributed by atoms with Crippen LogP contribution in [0.5, 0.6) is 11.6 Å². The summed E-state index contributed by atoms with van der Waals surface area (Å²) in [5, 5.41) is 12.2. The number of rotatable bonds is 7. The fraction of sp³-hybridized carbons (Fsp3) is 0.286. The third-order valence-corrected chi connectivity index (χ3v) is 7.52. The van der Waals surface area contributed by atoms with Crippen LogP contribution < -0.4 is 9.47 Å². The number of pyridine rings is 2. The van der Waals surface area contributed by atoms with Crippen molar-refractivity contribution in [1.82, 2.24) is 9.97 Å². The highest BCUT2D eigenvalue weighted by molar-refractivity contribution is 6.08. The van der Waals surface area contributed by atoms with E-state index in [1.807, 2.05) is 82.4 Å². The Morgan fingerprint density at radius 2 is 1.83 bits per heavy atom. The molecule has 1 N–H and O–H groups in total. The summed E-state index contributed by atoms with van der Waals surface area (Å²) >= 11 is 0. The highest BCUT2D eigenvalue weighted by Crippen LogP contribution is 2.45. The lowest BCUT2D eigenvalue weighted by Gasteiger charge is -2.29. The van der Waals surface area contributed by atoms with Gasteiger partial charge in [-0.15, -0.1) is 0 Å². The van der Waals surface area contributed by atoms with Crippen LogP contribution in [0, 0.1) is 13.8 Å². The molecule has 1 atom stereocenters. The quantitative estimate of drug-likeness (QED) is 0.219. The number of hydrogen-bond acceptors (Lipinski definition) is 6. The van der Waals surface area contributed by atoms with Gasteiger partial charge in [-0.3, -0.25) is 4.98 Å². The number of nitrogens with zero attached hydrogens (tertiary/aromatic N) is 2. The number of aromatic nitrogens is 2. The Morgan fingerprint density at radius 1 is 1.05 bits per heavy atom. The molecule has 3 heterocycles. The summed E-state index contributed by atoms with van der Waals surface area (Å²) in [5.41, 5.74) is 7.05. The maximum absolute atomic E-state index is 12.8. The maximum atomic E-state index is 12.8. The van der Waals surface area contributed by atoms with E-state index in [-0.39, 0.29) is 0 Å². The molecule has 42 heavy (non-hydrogen) atoms. The van der Waals surface area contributed by atoms with Gasteiger partial charge in [0.15, 0.2) is 6.10 Å². The molecule has 2 aromatic heterocycles. The zero-order valence-corrected chi connectivity index (χ0v) is 24.5. The van der Waals surface area contributed by atoms with Crippen LogP contribution in [-0.2, 0) is 22.6 Å². The van der Waals surface area contributed by atoms with Crippen LogP contribution in [0.25, 0.3) is 32.9 Å². The summed E-state index contributed by atoms with van der Waals surface area (Å²) in [6, 6.07) is 19.8. The summed E-state index contributed by atoms with van der Waals surface area (Å²) < 4.78 is 18.2. The number of carboxylic acids is 1. The van der Waals surface area contributed by atoms with E-state index in [2.05, 4.69) is 19.1 Å². The molecule has 0 spiro atoms. The van der Waals surface area contributed by atoms with Crippen LogP contribution in [0.1, 0.15) is 54.7 Å². The molecule has 0 bridgehead atoms. The number of fused-ring (bicyclic) bond motifs is 1. The molecule has 7 heteroatoms. The molecule has 3 aromatic carbocycles. The number of carbonyl (C=O) groups is 1. The highest BCUT2D eigenvalue weighted by Gasteiger charge is 2.33. The molecule has 1 aliphatic rings.